The van der Waals surface area contributed by atoms with Crippen molar-refractivity contribution in [1.82, 2.24) is 5.32 Å². The fourth-order valence-electron chi connectivity index (χ4n) is 2.20. The molecule has 5 heteroatoms. The predicted octanol–water partition coefficient (Wildman–Crippen LogP) is 0.0972. The molecule has 2 rings (SSSR count). The Hall–Kier alpha value is -0.200. The van der Waals surface area contributed by atoms with E-state index < -0.39 is 5.79 Å². The molecule has 0 spiro atoms. The van der Waals surface area contributed by atoms with Crippen molar-refractivity contribution in [2.75, 3.05) is 20.7 Å². The van der Waals surface area contributed by atoms with Crippen LogP contribution in [0.1, 0.15) is 13.8 Å². The van der Waals surface area contributed by atoms with Gasteiger partial charge in [-0.1, -0.05) is 0 Å². The van der Waals surface area contributed by atoms with E-state index >= 15 is 0 Å². The Balaban J connectivity index is 2.08. The smallest absolute Gasteiger partial charge is 0.186 e. The summed E-state index contributed by atoms with van der Waals surface area (Å²) in [5.74, 6) is -0.540. The van der Waals surface area contributed by atoms with Gasteiger partial charge >= 0.3 is 0 Å². The maximum Gasteiger partial charge on any atom is 0.186 e. The van der Waals surface area contributed by atoms with Crippen molar-refractivity contribution in [3.05, 3.63) is 0 Å². The van der Waals surface area contributed by atoms with E-state index in [2.05, 4.69) is 5.32 Å². The third-order valence-electron chi connectivity index (χ3n) is 2.74. The van der Waals surface area contributed by atoms with Crippen LogP contribution >= 0.6 is 0 Å². The molecule has 0 aromatic heterocycles. The molecular weight excluding hydrogens is 198 g/mol. The monoisotopic (exact) mass is 217 g/mol. The Labute approximate surface area is 90.0 Å². The molecule has 0 saturated carbocycles. The van der Waals surface area contributed by atoms with Crippen LogP contribution in [0.3, 0.4) is 0 Å². The third kappa shape index (κ3) is 2.03. The molecule has 2 aliphatic rings. The lowest BCUT2D eigenvalue weighted by Crippen LogP contribution is -2.36. The second-order valence-corrected chi connectivity index (χ2v) is 4.40. The highest BCUT2D eigenvalue weighted by atomic mass is 16.8. The topological polar surface area (TPSA) is 49.0 Å². The molecule has 2 fully saturated rings. The number of rotatable bonds is 3. The van der Waals surface area contributed by atoms with E-state index in [1.807, 2.05) is 20.9 Å². The van der Waals surface area contributed by atoms with E-state index in [9.17, 15) is 0 Å². The van der Waals surface area contributed by atoms with Gasteiger partial charge in [0.2, 0.25) is 0 Å². The Morgan fingerprint density at radius 2 is 1.93 bits per heavy atom. The van der Waals surface area contributed by atoms with Gasteiger partial charge in [-0.2, -0.15) is 0 Å². The summed E-state index contributed by atoms with van der Waals surface area (Å²) in [6.07, 6.45) is -0.498. The van der Waals surface area contributed by atoms with Crippen LogP contribution in [-0.4, -0.2) is 51.1 Å². The molecular formula is C10H19NO4. The number of methoxy groups -OCH3 is 1. The molecule has 1 N–H and O–H groups in total. The van der Waals surface area contributed by atoms with Crippen LogP contribution in [0.5, 0.6) is 0 Å². The lowest BCUT2D eigenvalue weighted by molar-refractivity contribution is -0.226. The third-order valence-corrected chi connectivity index (χ3v) is 2.74. The standard InChI is InChI=1S/C10H19NO4/c1-10(2)14-7-6(5-11-3)13-9(12-4)8(7)15-10/h6-9,11H,5H2,1-4H3/t6?,7-,8-,9?/m0/s1. The molecule has 88 valence electrons. The summed E-state index contributed by atoms with van der Waals surface area (Å²) in [6.45, 7) is 4.56. The minimum atomic E-state index is -0.540. The SMILES string of the molecule is CNCC1OC(OC)[C@H]2OC(C)(C)O[C@@H]12. The first-order chi connectivity index (χ1) is 7.07. The zero-order valence-corrected chi connectivity index (χ0v) is 9.65. The van der Waals surface area contributed by atoms with Gasteiger partial charge in [0, 0.05) is 13.7 Å². The Bertz CT molecular complexity index is 233. The highest BCUT2D eigenvalue weighted by Gasteiger charge is 2.55. The molecule has 4 atom stereocenters. The summed E-state index contributed by atoms with van der Waals surface area (Å²) in [7, 11) is 3.51. The van der Waals surface area contributed by atoms with Gasteiger partial charge in [0.05, 0.1) is 0 Å². The van der Waals surface area contributed by atoms with Gasteiger partial charge in [0.25, 0.3) is 0 Å². The van der Waals surface area contributed by atoms with E-state index in [-0.39, 0.29) is 24.6 Å². The lowest BCUT2D eigenvalue weighted by atomic mass is 10.1. The molecule has 0 amide bonds. The molecule has 0 bridgehead atoms. The molecule has 0 aliphatic carbocycles. The maximum atomic E-state index is 5.80. The van der Waals surface area contributed by atoms with Gasteiger partial charge in [-0.15, -0.1) is 0 Å². The van der Waals surface area contributed by atoms with Gasteiger partial charge in [-0.3, -0.25) is 0 Å². The van der Waals surface area contributed by atoms with Crippen molar-refractivity contribution in [3.63, 3.8) is 0 Å². The molecule has 0 aromatic carbocycles. The number of likely N-dealkylation sites (N-methyl/N-ethyl adjacent to an activating group) is 1. The molecule has 2 heterocycles. The van der Waals surface area contributed by atoms with E-state index in [4.69, 9.17) is 18.9 Å². The largest absolute Gasteiger partial charge is 0.353 e. The first-order valence-corrected chi connectivity index (χ1v) is 5.26. The second-order valence-electron chi connectivity index (χ2n) is 4.40. The summed E-state index contributed by atoms with van der Waals surface area (Å²) in [4.78, 5) is 0. The van der Waals surface area contributed by atoms with Crippen LogP contribution < -0.4 is 5.32 Å². The average Bonchev–Trinajstić information content (AvgIpc) is 2.61. The van der Waals surface area contributed by atoms with Crippen LogP contribution in [0, 0.1) is 0 Å². The maximum absolute atomic E-state index is 5.80. The summed E-state index contributed by atoms with van der Waals surface area (Å²) < 4.78 is 22.5. The minimum Gasteiger partial charge on any atom is -0.353 e. The van der Waals surface area contributed by atoms with Gasteiger partial charge < -0.3 is 24.3 Å². The first-order valence-electron chi connectivity index (χ1n) is 5.26. The minimum absolute atomic E-state index is 0.00766. The van der Waals surface area contributed by atoms with Gasteiger partial charge in [-0.05, 0) is 20.9 Å². The molecule has 2 saturated heterocycles. The highest BCUT2D eigenvalue weighted by molar-refractivity contribution is 4.95. The molecule has 15 heavy (non-hydrogen) atoms. The van der Waals surface area contributed by atoms with Crippen LogP contribution in [0.2, 0.25) is 0 Å². The normalized spacial score (nSPS) is 43.2. The number of nitrogens with one attached hydrogen (secondary N) is 1. The summed E-state index contributed by atoms with van der Waals surface area (Å²) in [6, 6.07) is 0. The van der Waals surface area contributed by atoms with E-state index in [1.54, 1.807) is 7.11 Å². The zero-order chi connectivity index (χ0) is 11.1. The summed E-state index contributed by atoms with van der Waals surface area (Å²) >= 11 is 0. The Morgan fingerprint density at radius 1 is 1.27 bits per heavy atom. The van der Waals surface area contributed by atoms with Crippen molar-refractivity contribution in [2.24, 2.45) is 0 Å². The number of ether oxygens (including phenoxy) is 4. The Morgan fingerprint density at radius 3 is 2.53 bits per heavy atom. The van der Waals surface area contributed by atoms with E-state index in [0.717, 1.165) is 6.54 Å². The number of hydrogen-bond acceptors (Lipinski definition) is 5. The number of hydrogen-bond donors (Lipinski definition) is 1. The summed E-state index contributed by atoms with van der Waals surface area (Å²) in [5.41, 5.74) is 0. The van der Waals surface area contributed by atoms with Crippen LogP contribution in [0.25, 0.3) is 0 Å². The van der Waals surface area contributed by atoms with Gasteiger partial charge in [-0.25, -0.2) is 0 Å². The van der Waals surface area contributed by atoms with Crippen molar-refractivity contribution in [3.8, 4) is 0 Å². The first kappa shape index (κ1) is 11.3. The quantitative estimate of drug-likeness (QED) is 0.726. The van der Waals surface area contributed by atoms with Crippen molar-refractivity contribution >= 4 is 0 Å². The Kier molecular flexibility index (Phi) is 3.00. The zero-order valence-electron chi connectivity index (χ0n) is 9.65. The van der Waals surface area contributed by atoms with Crippen molar-refractivity contribution in [1.29, 1.82) is 0 Å². The lowest BCUT2D eigenvalue weighted by Gasteiger charge is -2.23. The van der Waals surface area contributed by atoms with Crippen LogP contribution in [0.4, 0.5) is 0 Å². The molecule has 2 unspecified atom stereocenters. The molecule has 0 radical (unpaired) electrons. The van der Waals surface area contributed by atoms with Crippen LogP contribution in [-0.2, 0) is 18.9 Å². The highest BCUT2D eigenvalue weighted by Crippen LogP contribution is 2.38. The summed E-state index contributed by atoms with van der Waals surface area (Å²) in [5, 5.41) is 3.08. The number of fused-ring (bicyclic) bond motifs is 1. The molecule has 5 nitrogen and oxygen atoms in total. The molecule has 2 aliphatic heterocycles. The average molecular weight is 217 g/mol. The van der Waals surface area contributed by atoms with E-state index in [0.29, 0.717) is 0 Å². The molecule has 0 aromatic rings. The van der Waals surface area contributed by atoms with Gasteiger partial charge in [0.1, 0.15) is 18.3 Å². The van der Waals surface area contributed by atoms with E-state index in [1.165, 1.54) is 0 Å². The fraction of sp³-hybridized carbons (Fsp3) is 1.00. The predicted molar refractivity (Wildman–Crippen MR) is 53.4 cm³/mol. The van der Waals surface area contributed by atoms with Crippen molar-refractivity contribution in [2.45, 2.75) is 44.2 Å². The van der Waals surface area contributed by atoms with Crippen molar-refractivity contribution < 1.29 is 18.9 Å². The van der Waals surface area contributed by atoms with Crippen LogP contribution in [0.15, 0.2) is 0 Å². The van der Waals surface area contributed by atoms with Gasteiger partial charge in [0.15, 0.2) is 12.1 Å². The fourth-order valence-corrected chi connectivity index (χ4v) is 2.20. The second kappa shape index (κ2) is 3.99.